The molecule has 1 aliphatic carbocycles. The van der Waals surface area contributed by atoms with Gasteiger partial charge >= 0.3 is 0 Å². The minimum Gasteiger partial charge on any atom is -0.492 e. The number of nitrogens with zero attached hydrogens (tertiary/aromatic N) is 3. The fourth-order valence-corrected chi connectivity index (χ4v) is 3.37. The van der Waals surface area contributed by atoms with Gasteiger partial charge in [0.2, 0.25) is 5.91 Å². The second-order valence-corrected chi connectivity index (χ2v) is 6.65. The SMILES string of the molecule is CCc1nnc(C2=COC3C(C(N)=O)=CC=CC23)nc1NCc1ccccc1. The molecule has 1 amide bonds. The zero-order valence-corrected chi connectivity index (χ0v) is 15.5. The van der Waals surface area contributed by atoms with Gasteiger partial charge in [-0.2, -0.15) is 0 Å². The molecular weight excluding hydrogens is 354 g/mol. The van der Waals surface area contributed by atoms with E-state index in [1.807, 2.05) is 37.3 Å². The second-order valence-electron chi connectivity index (χ2n) is 6.65. The molecular formula is C21H21N5O2. The van der Waals surface area contributed by atoms with Crippen molar-refractivity contribution in [2.75, 3.05) is 5.32 Å². The lowest BCUT2D eigenvalue weighted by molar-refractivity contribution is -0.115. The van der Waals surface area contributed by atoms with Gasteiger partial charge in [-0.1, -0.05) is 55.5 Å². The van der Waals surface area contributed by atoms with Crippen LogP contribution in [0.5, 0.6) is 0 Å². The van der Waals surface area contributed by atoms with Gasteiger partial charge in [0.25, 0.3) is 0 Å². The van der Waals surface area contributed by atoms with Crippen molar-refractivity contribution in [3.63, 3.8) is 0 Å². The van der Waals surface area contributed by atoms with Gasteiger partial charge in [-0.05, 0) is 12.0 Å². The molecule has 3 N–H and O–H groups in total. The molecule has 0 saturated carbocycles. The lowest BCUT2D eigenvalue weighted by atomic mass is 9.86. The minimum atomic E-state index is -0.486. The third-order valence-corrected chi connectivity index (χ3v) is 4.86. The molecule has 4 rings (SSSR count). The van der Waals surface area contributed by atoms with E-state index in [4.69, 9.17) is 15.5 Å². The van der Waals surface area contributed by atoms with Crippen LogP contribution in [0.15, 0.2) is 60.4 Å². The van der Waals surface area contributed by atoms with Crippen LogP contribution in [0, 0.1) is 5.92 Å². The number of hydrogen-bond donors (Lipinski definition) is 2. The van der Waals surface area contributed by atoms with Crippen molar-refractivity contribution in [2.24, 2.45) is 11.7 Å². The summed E-state index contributed by atoms with van der Waals surface area (Å²) in [4.78, 5) is 16.4. The Bertz CT molecular complexity index is 982. The Balaban J connectivity index is 1.58. The van der Waals surface area contributed by atoms with Gasteiger partial charge in [0, 0.05) is 12.1 Å². The summed E-state index contributed by atoms with van der Waals surface area (Å²) in [5.74, 6) is 0.533. The van der Waals surface area contributed by atoms with Crippen LogP contribution in [-0.2, 0) is 22.5 Å². The smallest absolute Gasteiger partial charge is 0.248 e. The maximum atomic E-state index is 11.7. The molecule has 0 bridgehead atoms. The number of aromatic nitrogens is 3. The maximum absolute atomic E-state index is 11.7. The lowest BCUT2D eigenvalue weighted by Crippen LogP contribution is -2.30. The van der Waals surface area contributed by atoms with Gasteiger partial charge in [-0.3, -0.25) is 4.79 Å². The van der Waals surface area contributed by atoms with E-state index in [0.717, 1.165) is 16.8 Å². The van der Waals surface area contributed by atoms with Crippen LogP contribution in [0.1, 0.15) is 24.0 Å². The predicted molar refractivity (Wildman–Crippen MR) is 106 cm³/mol. The number of amides is 1. The highest BCUT2D eigenvalue weighted by atomic mass is 16.5. The first-order valence-electron chi connectivity index (χ1n) is 9.23. The summed E-state index contributed by atoms with van der Waals surface area (Å²) in [6, 6.07) is 10.1. The quantitative estimate of drug-likeness (QED) is 0.804. The van der Waals surface area contributed by atoms with Gasteiger partial charge < -0.3 is 15.8 Å². The highest BCUT2D eigenvalue weighted by Gasteiger charge is 2.38. The number of nitrogens with two attached hydrogens (primary N) is 1. The number of allylic oxidation sites excluding steroid dienone is 2. The molecule has 7 nitrogen and oxygen atoms in total. The first-order valence-corrected chi connectivity index (χ1v) is 9.23. The molecule has 142 valence electrons. The largest absolute Gasteiger partial charge is 0.492 e. The number of hydrogen-bond acceptors (Lipinski definition) is 6. The van der Waals surface area contributed by atoms with Crippen molar-refractivity contribution in [3.8, 4) is 0 Å². The van der Waals surface area contributed by atoms with E-state index in [2.05, 4.69) is 27.6 Å². The molecule has 28 heavy (non-hydrogen) atoms. The molecule has 0 spiro atoms. The minimum absolute atomic E-state index is 0.163. The number of carbonyl (C=O) groups is 1. The van der Waals surface area contributed by atoms with Gasteiger partial charge in [0.05, 0.1) is 17.8 Å². The molecule has 2 unspecified atom stereocenters. The summed E-state index contributed by atoms with van der Waals surface area (Å²) in [6.45, 7) is 2.66. The Morgan fingerprint density at radius 2 is 2.07 bits per heavy atom. The summed E-state index contributed by atoms with van der Waals surface area (Å²) in [6.07, 6.45) is 7.34. The van der Waals surface area contributed by atoms with E-state index in [1.165, 1.54) is 0 Å². The van der Waals surface area contributed by atoms with Crippen molar-refractivity contribution < 1.29 is 9.53 Å². The fraction of sp³-hybridized carbons (Fsp3) is 0.238. The predicted octanol–water partition coefficient (Wildman–Crippen LogP) is 2.38. The summed E-state index contributed by atoms with van der Waals surface area (Å²) in [5, 5.41) is 12.0. The molecule has 2 aromatic rings. The summed E-state index contributed by atoms with van der Waals surface area (Å²) in [7, 11) is 0. The highest BCUT2D eigenvalue weighted by Crippen LogP contribution is 2.38. The van der Waals surface area contributed by atoms with E-state index in [1.54, 1.807) is 12.3 Å². The van der Waals surface area contributed by atoms with Crippen LogP contribution in [-0.4, -0.2) is 27.2 Å². The number of nitrogens with one attached hydrogen (secondary N) is 1. The average molecular weight is 375 g/mol. The van der Waals surface area contributed by atoms with Crippen molar-refractivity contribution in [3.05, 3.63) is 77.5 Å². The monoisotopic (exact) mass is 375 g/mol. The van der Waals surface area contributed by atoms with Crippen molar-refractivity contribution >= 4 is 17.3 Å². The number of anilines is 1. The van der Waals surface area contributed by atoms with E-state index in [9.17, 15) is 4.79 Å². The van der Waals surface area contributed by atoms with Crippen LogP contribution < -0.4 is 11.1 Å². The number of carbonyl (C=O) groups excluding carboxylic acids is 1. The van der Waals surface area contributed by atoms with Gasteiger partial charge in [0.1, 0.15) is 11.8 Å². The van der Waals surface area contributed by atoms with E-state index >= 15 is 0 Å². The standard InChI is InChI=1S/C21H21N5O2/c1-2-17-21(23-11-13-7-4-3-5-8-13)24-20(26-25-17)16-12-28-18-14(16)9-6-10-15(18)19(22)27/h3-10,12,14,18H,2,11H2,1H3,(H2,22,27)(H,23,24,26). The molecule has 0 radical (unpaired) electrons. The van der Waals surface area contributed by atoms with Crippen molar-refractivity contribution in [2.45, 2.75) is 26.0 Å². The Morgan fingerprint density at radius 3 is 2.82 bits per heavy atom. The summed E-state index contributed by atoms with van der Waals surface area (Å²) >= 11 is 0. The van der Waals surface area contributed by atoms with Gasteiger partial charge in [0.15, 0.2) is 11.6 Å². The molecule has 0 fully saturated rings. The zero-order chi connectivity index (χ0) is 19.5. The molecule has 1 aromatic heterocycles. The Labute approximate surface area is 163 Å². The Kier molecular flexibility index (Phi) is 4.89. The first-order chi connectivity index (χ1) is 13.7. The first kappa shape index (κ1) is 17.9. The molecule has 2 atom stereocenters. The van der Waals surface area contributed by atoms with E-state index in [0.29, 0.717) is 30.2 Å². The molecule has 1 aliphatic heterocycles. The molecule has 2 aliphatic rings. The number of fused-ring (bicyclic) bond motifs is 1. The van der Waals surface area contributed by atoms with Crippen LogP contribution in [0.25, 0.3) is 5.57 Å². The third kappa shape index (κ3) is 3.38. The number of rotatable bonds is 6. The third-order valence-electron chi connectivity index (χ3n) is 4.86. The van der Waals surface area contributed by atoms with Crippen molar-refractivity contribution in [1.82, 2.24) is 15.2 Å². The van der Waals surface area contributed by atoms with Crippen LogP contribution in [0.3, 0.4) is 0 Å². The van der Waals surface area contributed by atoms with Crippen LogP contribution >= 0.6 is 0 Å². The molecule has 7 heteroatoms. The van der Waals surface area contributed by atoms with Crippen molar-refractivity contribution in [1.29, 1.82) is 0 Å². The number of ether oxygens (including phenoxy) is 1. The topological polar surface area (TPSA) is 103 Å². The van der Waals surface area contributed by atoms with E-state index in [-0.39, 0.29) is 5.92 Å². The van der Waals surface area contributed by atoms with Crippen LogP contribution in [0.4, 0.5) is 5.82 Å². The van der Waals surface area contributed by atoms with Gasteiger partial charge in [-0.15, -0.1) is 10.2 Å². The molecule has 1 aromatic carbocycles. The normalized spacial score (nSPS) is 20.0. The lowest BCUT2D eigenvalue weighted by Gasteiger charge is -2.21. The second kappa shape index (κ2) is 7.64. The molecule has 2 heterocycles. The van der Waals surface area contributed by atoms with E-state index < -0.39 is 12.0 Å². The number of primary amides is 1. The zero-order valence-electron chi connectivity index (χ0n) is 15.5. The highest BCUT2D eigenvalue weighted by molar-refractivity contribution is 5.94. The summed E-state index contributed by atoms with van der Waals surface area (Å²) < 4.78 is 5.71. The maximum Gasteiger partial charge on any atom is 0.248 e. The summed E-state index contributed by atoms with van der Waals surface area (Å²) in [5.41, 5.74) is 8.64. The fourth-order valence-electron chi connectivity index (χ4n) is 3.37. The molecule has 0 saturated heterocycles. The number of aryl methyl sites for hydroxylation is 1. The number of benzene rings is 1. The average Bonchev–Trinajstić information content (AvgIpc) is 3.17. The Hall–Kier alpha value is -3.48. The van der Waals surface area contributed by atoms with Crippen LogP contribution in [0.2, 0.25) is 0 Å². The Morgan fingerprint density at radius 1 is 1.25 bits per heavy atom. The van der Waals surface area contributed by atoms with Gasteiger partial charge in [-0.25, -0.2) is 4.98 Å².